The van der Waals surface area contributed by atoms with E-state index in [9.17, 15) is 4.79 Å². The van der Waals surface area contributed by atoms with Crippen LogP contribution in [0.15, 0.2) is 0 Å². The summed E-state index contributed by atoms with van der Waals surface area (Å²) < 4.78 is 5.41. The number of hydrogen-bond acceptors (Lipinski definition) is 3. The third-order valence-corrected chi connectivity index (χ3v) is 3.46. The second-order valence-electron chi connectivity index (χ2n) is 4.51. The molecule has 1 amide bonds. The van der Waals surface area contributed by atoms with E-state index >= 15 is 0 Å². The Bertz CT molecular complexity index is 224. The molecular formula is C11H21ClN2O2. The lowest BCUT2D eigenvalue weighted by atomic mass is 9.97. The van der Waals surface area contributed by atoms with Gasteiger partial charge in [-0.15, -0.1) is 12.4 Å². The Morgan fingerprint density at radius 2 is 2.00 bits per heavy atom. The summed E-state index contributed by atoms with van der Waals surface area (Å²) in [5.74, 6) is 0.807. The van der Waals surface area contributed by atoms with Crippen LogP contribution < -0.4 is 5.73 Å². The minimum atomic E-state index is -0.153. The zero-order chi connectivity index (χ0) is 10.7. The van der Waals surface area contributed by atoms with Gasteiger partial charge in [0.2, 0.25) is 0 Å². The molecule has 2 N–H and O–H groups in total. The lowest BCUT2D eigenvalue weighted by Crippen LogP contribution is -2.44. The molecule has 2 heterocycles. The standard InChI is InChI=1S/C11H20N2O2.ClH/c12-8-9-3-5-13(6-4-9)11(14)10-2-1-7-15-10;/h9-10H,1-8,12H2;1H. The molecule has 4 nitrogen and oxygen atoms in total. The van der Waals surface area contributed by atoms with Crippen molar-refractivity contribution < 1.29 is 9.53 Å². The van der Waals surface area contributed by atoms with Gasteiger partial charge < -0.3 is 15.4 Å². The van der Waals surface area contributed by atoms with Crippen molar-refractivity contribution in [2.75, 3.05) is 26.2 Å². The average molecular weight is 249 g/mol. The quantitative estimate of drug-likeness (QED) is 0.786. The van der Waals surface area contributed by atoms with Gasteiger partial charge in [0.1, 0.15) is 6.10 Å². The Labute approximate surface area is 103 Å². The third-order valence-electron chi connectivity index (χ3n) is 3.46. The van der Waals surface area contributed by atoms with Crippen LogP contribution in [0.2, 0.25) is 0 Å². The summed E-state index contributed by atoms with van der Waals surface area (Å²) in [4.78, 5) is 13.9. The normalized spacial score (nSPS) is 26.6. The van der Waals surface area contributed by atoms with Crippen LogP contribution >= 0.6 is 12.4 Å². The van der Waals surface area contributed by atoms with E-state index in [1.807, 2.05) is 4.90 Å². The van der Waals surface area contributed by atoms with Gasteiger partial charge in [-0.2, -0.15) is 0 Å². The van der Waals surface area contributed by atoms with Crippen LogP contribution in [0.1, 0.15) is 25.7 Å². The molecule has 2 aliphatic rings. The monoisotopic (exact) mass is 248 g/mol. The fraction of sp³-hybridized carbons (Fsp3) is 0.909. The smallest absolute Gasteiger partial charge is 0.251 e. The SMILES string of the molecule is Cl.NCC1CCN(C(=O)C2CCCO2)CC1. The number of likely N-dealkylation sites (tertiary alicyclic amines) is 1. The molecule has 0 spiro atoms. The largest absolute Gasteiger partial charge is 0.368 e. The molecule has 0 aromatic heterocycles. The Balaban J connectivity index is 0.00000128. The number of halogens is 1. The van der Waals surface area contributed by atoms with Crippen LogP contribution in [0.4, 0.5) is 0 Å². The molecular weight excluding hydrogens is 228 g/mol. The maximum Gasteiger partial charge on any atom is 0.251 e. The highest BCUT2D eigenvalue weighted by molar-refractivity contribution is 5.85. The lowest BCUT2D eigenvalue weighted by molar-refractivity contribution is -0.142. The van der Waals surface area contributed by atoms with Gasteiger partial charge in [-0.25, -0.2) is 0 Å². The fourth-order valence-corrected chi connectivity index (χ4v) is 2.37. The first-order valence-corrected chi connectivity index (χ1v) is 5.91. The minimum Gasteiger partial charge on any atom is -0.368 e. The Kier molecular flexibility index (Phi) is 5.52. The van der Waals surface area contributed by atoms with Crippen molar-refractivity contribution >= 4 is 18.3 Å². The molecule has 0 aromatic carbocycles. The van der Waals surface area contributed by atoms with Gasteiger partial charge in [0.05, 0.1) is 0 Å². The first-order valence-electron chi connectivity index (χ1n) is 5.91. The van der Waals surface area contributed by atoms with Gasteiger partial charge in [-0.3, -0.25) is 4.79 Å². The number of piperidine rings is 1. The van der Waals surface area contributed by atoms with E-state index < -0.39 is 0 Å². The molecule has 2 fully saturated rings. The molecule has 1 unspecified atom stereocenters. The van der Waals surface area contributed by atoms with Crippen LogP contribution in [0.25, 0.3) is 0 Å². The number of ether oxygens (including phenoxy) is 1. The molecule has 0 bridgehead atoms. The molecule has 5 heteroatoms. The van der Waals surface area contributed by atoms with E-state index in [2.05, 4.69) is 0 Å². The van der Waals surface area contributed by atoms with Gasteiger partial charge in [0.15, 0.2) is 0 Å². The summed E-state index contributed by atoms with van der Waals surface area (Å²) in [7, 11) is 0. The van der Waals surface area contributed by atoms with Crippen molar-refractivity contribution in [1.82, 2.24) is 4.90 Å². The van der Waals surface area contributed by atoms with E-state index in [-0.39, 0.29) is 24.4 Å². The van der Waals surface area contributed by atoms with Gasteiger partial charge >= 0.3 is 0 Å². The maximum atomic E-state index is 12.0. The molecule has 94 valence electrons. The van der Waals surface area contributed by atoms with Crippen LogP contribution in [-0.4, -0.2) is 43.2 Å². The highest BCUT2D eigenvalue weighted by Crippen LogP contribution is 2.20. The first kappa shape index (κ1) is 13.7. The summed E-state index contributed by atoms with van der Waals surface area (Å²) in [6.07, 6.45) is 3.87. The molecule has 1 atom stereocenters. The number of carbonyl (C=O) groups is 1. The number of carbonyl (C=O) groups excluding carboxylic acids is 1. The molecule has 16 heavy (non-hydrogen) atoms. The highest BCUT2D eigenvalue weighted by Gasteiger charge is 2.30. The lowest BCUT2D eigenvalue weighted by Gasteiger charge is -2.32. The predicted molar refractivity (Wildman–Crippen MR) is 64.6 cm³/mol. The second-order valence-corrected chi connectivity index (χ2v) is 4.51. The molecule has 2 saturated heterocycles. The maximum absolute atomic E-state index is 12.0. The fourth-order valence-electron chi connectivity index (χ4n) is 2.37. The van der Waals surface area contributed by atoms with Gasteiger partial charge in [-0.1, -0.05) is 0 Å². The van der Waals surface area contributed by atoms with Crippen molar-refractivity contribution in [1.29, 1.82) is 0 Å². The Morgan fingerprint density at radius 1 is 1.31 bits per heavy atom. The summed E-state index contributed by atoms with van der Waals surface area (Å²) in [6, 6.07) is 0. The van der Waals surface area contributed by atoms with E-state index in [4.69, 9.17) is 10.5 Å². The van der Waals surface area contributed by atoms with Crippen molar-refractivity contribution in [3.05, 3.63) is 0 Å². The van der Waals surface area contributed by atoms with Crippen molar-refractivity contribution in [3.8, 4) is 0 Å². The topological polar surface area (TPSA) is 55.6 Å². The molecule has 2 rings (SSSR count). The van der Waals surface area contributed by atoms with Crippen LogP contribution in [0.5, 0.6) is 0 Å². The molecule has 0 radical (unpaired) electrons. The van der Waals surface area contributed by atoms with Crippen LogP contribution in [0, 0.1) is 5.92 Å². The number of nitrogens with two attached hydrogens (primary N) is 1. The summed E-state index contributed by atoms with van der Waals surface area (Å²) >= 11 is 0. The van der Waals surface area contributed by atoms with E-state index in [0.717, 1.165) is 51.9 Å². The Hall–Kier alpha value is -0.320. The van der Waals surface area contributed by atoms with Gasteiger partial charge in [-0.05, 0) is 38.1 Å². The van der Waals surface area contributed by atoms with Crippen molar-refractivity contribution in [3.63, 3.8) is 0 Å². The average Bonchev–Trinajstić information content (AvgIpc) is 2.82. The van der Waals surface area contributed by atoms with Gasteiger partial charge in [0.25, 0.3) is 5.91 Å². The minimum absolute atomic E-state index is 0. The zero-order valence-corrected chi connectivity index (χ0v) is 10.4. The van der Waals surface area contributed by atoms with Crippen molar-refractivity contribution in [2.24, 2.45) is 11.7 Å². The summed E-state index contributed by atoms with van der Waals surface area (Å²) in [5.41, 5.74) is 5.62. The molecule has 0 aromatic rings. The summed E-state index contributed by atoms with van der Waals surface area (Å²) in [6.45, 7) is 3.22. The molecule has 0 saturated carbocycles. The molecule has 0 aliphatic carbocycles. The van der Waals surface area contributed by atoms with Crippen LogP contribution in [0.3, 0.4) is 0 Å². The molecule has 2 aliphatic heterocycles. The van der Waals surface area contributed by atoms with Crippen molar-refractivity contribution in [2.45, 2.75) is 31.8 Å². The third kappa shape index (κ3) is 3.09. The van der Waals surface area contributed by atoms with Gasteiger partial charge in [0, 0.05) is 19.7 Å². The second kappa shape index (κ2) is 6.42. The number of hydrogen-bond donors (Lipinski definition) is 1. The zero-order valence-electron chi connectivity index (χ0n) is 9.56. The van der Waals surface area contributed by atoms with E-state index in [1.54, 1.807) is 0 Å². The van der Waals surface area contributed by atoms with E-state index in [1.165, 1.54) is 0 Å². The number of nitrogens with zero attached hydrogens (tertiary/aromatic N) is 1. The number of rotatable bonds is 2. The van der Waals surface area contributed by atoms with E-state index in [0.29, 0.717) is 5.92 Å². The predicted octanol–water partition coefficient (Wildman–Crippen LogP) is 0.784. The van der Waals surface area contributed by atoms with Crippen LogP contribution in [-0.2, 0) is 9.53 Å². The number of amides is 1. The highest BCUT2D eigenvalue weighted by atomic mass is 35.5. The first-order chi connectivity index (χ1) is 7.31. The Morgan fingerprint density at radius 3 is 2.50 bits per heavy atom. The summed E-state index contributed by atoms with van der Waals surface area (Å²) in [5, 5.41) is 0.